The number of rotatable bonds is 6. The monoisotopic (exact) mass is 354 g/mol. The zero-order valence-electron chi connectivity index (χ0n) is 14.6. The molecule has 1 aromatic heterocycles. The molecular weight excluding hydrogens is 335 g/mol. The number of halogens is 1. The lowest BCUT2D eigenvalue weighted by Crippen LogP contribution is -2.15. The summed E-state index contributed by atoms with van der Waals surface area (Å²) in [6, 6.07) is 13.4. The third-order valence-corrected chi connectivity index (χ3v) is 4.00. The standard InChI is InChI=1S/C20H19FN2O3/c1-3-14-7-9-17(10-8-14)25-12-18-13(2)26-23-19(18)20(24)22-16-6-4-5-15(21)11-16/h4-11H,3,12H2,1-2H3,(H,22,24). The van der Waals surface area contributed by atoms with Crippen molar-refractivity contribution in [3.8, 4) is 5.75 Å². The van der Waals surface area contributed by atoms with Crippen LogP contribution in [0.25, 0.3) is 0 Å². The largest absolute Gasteiger partial charge is 0.489 e. The van der Waals surface area contributed by atoms with Crippen molar-refractivity contribution in [3.05, 3.63) is 76.9 Å². The number of benzene rings is 2. The third-order valence-electron chi connectivity index (χ3n) is 4.00. The molecule has 0 radical (unpaired) electrons. The normalized spacial score (nSPS) is 10.6. The summed E-state index contributed by atoms with van der Waals surface area (Å²) in [6.07, 6.45) is 0.954. The number of hydrogen-bond acceptors (Lipinski definition) is 4. The zero-order valence-corrected chi connectivity index (χ0v) is 14.6. The molecule has 0 bridgehead atoms. The molecular formula is C20H19FN2O3. The Hall–Kier alpha value is -3.15. The molecule has 1 N–H and O–H groups in total. The first kappa shape index (κ1) is 17.7. The Balaban J connectivity index is 1.72. The predicted octanol–water partition coefficient (Wildman–Crippen LogP) is 4.52. The van der Waals surface area contributed by atoms with Crippen molar-refractivity contribution < 1.29 is 18.4 Å². The van der Waals surface area contributed by atoms with Crippen LogP contribution in [0.15, 0.2) is 53.1 Å². The van der Waals surface area contributed by atoms with Crippen LogP contribution in [0.3, 0.4) is 0 Å². The Morgan fingerprint density at radius 1 is 1.23 bits per heavy atom. The summed E-state index contributed by atoms with van der Waals surface area (Å²) in [5.41, 5.74) is 2.24. The van der Waals surface area contributed by atoms with Crippen LogP contribution in [0.1, 0.15) is 34.3 Å². The molecule has 0 saturated carbocycles. The highest BCUT2D eigenvalue weighted by Gasteiger charge is 2.20. The van der Waals surface area contributed by atoms with Gasteiger partial charge in [-0.2, -0.15) is 0 Å². The summed E-state index contributed by atoms with van der Waals surface area (Å²) in [5.74, 6) is 0.282. The van der Waals surface area contributed by atoms with E-state index in [0.717, 1.165) is 6.42 Å². The van der Waals surface area contributed by atoms with Crippen molar-refractivity contribution in [1.29, 1.82) is 0 Å². The van der Waals surface area contributed by atoms with E-state index in [1.807, 2.05) is 24.3 Å². The van der Waals surface area contributed by atoms with Crippen molar-refractivity contribution in [3.63, 3.8) is 0 Å². The molecule has 0 saturated heterocycles. The minimum atomic E-state index is -0.479. The molecule has 3 rings (SSSR count). The van der Waals surface area contributed by atoms with Crippen LogP contribution in [0.2, 0.25) is 0 Å². The smallest absolute Gasteiger partial charge is 0.278 e. The van der Waals surface area contributed by atoms with E-state index in [-0.39, 0.29) is 12.3 Å². The summed E-state index contributed by atoms with van der Waals surface area (Å²) in [5, 5.41) is 6.42. The van der Waals surface area contributed by atoms with E-state index >= 15 is 0 Å². The van der Waals surface area contributed by atoms with Gasteiger partial charge in [0.2, 0.25) is 0 Å². The van der Waals surface area contributed by atoms with Crippen molar-refractivity contribution in [1.82, 2.24) is 5.16 Å². The first-order valence-electron chi connectivity index (χ1n) is 8.30. The Morgan fingerprint density at radius 2 is 2.00 bits per heavy atom. The van der Waals surface area contributed by atoms with Crippen LogP contribution in [0.5, 0.6) is 5.75 Å². The van der Waals surface area contributed by atoms with Crippen LogP contribution in [-0.4, -0.2) is 11.1 Å². The number of hydrogen-bond donors (Lipinski definition) is 1. The van der Waals surface area contributed by atoms with E-state index in [1.165, 1.54) is 23.8 Å². The summed E-state index contributed by atoms with van der Waals surface area (Å²) in [6.45, 7) is 3.94. The number of carbonyl (C=O) groups is 1. The van der Waals surface area contributed by atoms with Gasteiger partial charge in [-0.05, 0) is 49.2 Å². The van der Waals surface area contributed by atoms with Crippen LogP contribution >= 0.6 is 0 Å². The lowest BCUT2D eigenvalue weighted by molar-refractivity contribution is 0.101. The summed E-state index contributed by atoms with van der Waals surface area (Å²) in [7, 11) is 0. The number of aryl methyl sites for hydroxylation is 2. The van der Waals surface area contributed by atoms with Crippen molar-refractivity contribution in [2.24, 2.45) is 0 Å². The second-order valence-corrected chi connectivity index (χ2v) is 5.82. The van der Waals surface area contributed by atoms with Crippen LogP contribution < -0.4 is 10.1 Å². The lowest BCUT2D eigenvalue weighted by Gasteiger charge is -2.08. The van der Waals surface area contributed by atoms with Crippen molar-refractivity contribution in [2.75, 3.05) is 5.32 Å². The number of aromatic nitrogens is 1. The number of anilines is 1. The van der Waals surface area contributed by atoms with Gasteiger partial charge in [-0.1, -0.05) is 30.3 Å². The zero-order chi connectivity index (χ0) is 18.5. The third kappa shape index (κ3) is 4.08. The molecule has 0 unspecified atom stereocenters. The fourth-order valence-electron chi connectivity index (χ4n) is 2.47. The van der Waals surface area contributed by atoms with E-state index in [0.29, 0.717) is 22.8 Å². The predicted molar refractivity (Wildman–Crippen MR) is 95.7 cm³/mol. The molecule has 1 heterocycles. The van der Waals surface area contributed by atoms with E-state index in [9.17, 15) is 9.18 Å². The van der Waals surface area contributed by atoms with Gasteiger partial charge in [0, 0.05) is 5.69 Å². The maximum Gasteiger partial charge on any atom is 0.278 e. The highest BCUT2D eigenvalue weighted by molar-refractivity contribution is 6.03. The van der Waals surface area contributed by atoms with Crippen LogP contribution in [-0.2, 0) is 13.0 Å². The number of carbonyl (C=O) groups excluding carboxylic acids is 1. The SMILES string of the molecule is CCc1ccc(OCc2c(C(=O)Nc3cccc(F)c3)noc2C)cc1. The highest BCUT2D eigenvalue weighted by Crippen LogP contribution is 2.20. The molecule has 3 aromatic rings. The summed E-state index contributed by atoms with van der Waals surface area (Å²) in [4.78, 5) is 12.4. The molecule has 0 spiro atoms. The van der Waals surface area contributed by atoms with Gasteiger partial charge in [0.1, 0.15) is 23.9 Å². The Morgan fingerprint density at radius 3 is 2.69 bits per heavy atom. The molecule has 2 aromatic carbocycles. The van der Waals surface area contributed by atoms with Crippen molar-refractivity contribution >= 4 is 11.6 Å². The molecule has 1 amide bonds. The molecule has 0 aliphatic carbocycles. The van der Waals surface area contributed by atoms with E-state index in [2.05, 4.69) is 17.4 Å². The van der Waals surface area contributed by atoms with Gasteiger partial charge in [-0.3, -0.25) is 4.79 Å². The van der Waals surface area contributed by atoms with Crippen LogP contribution in [0.4, 0.5) is 10.1 Å². The fraction of sp³-hybridized carbons (Fsp3) is 0.200. The average Bonchev–Trinajstić information content (AvgIpc) is 3.01. The first-order chi connectivity index (χ1) is 12.6. The number of nitrogens with one attached hydrogen (secondary N) is 1. The van der Waals surface area contributed by atoms with Gasteiger partial charge in [-0.15, -0.1) is 0 Å². The molecule has 26 heavy (non-hydrogen) atoms. The molecule has 0 aliphatic heterocycles. The minimum Gasteiger partial charge on any atom is -0.489 e. The Kier molecular flexibility index (Phi) is 5.31. The molecule has 0 aliphatic rings. The fourth-order valence-corrected chi connectivity index (χ4v) is 2.47. The first-order valence-corrected chi connectivity index (χ1v) is 8.30. The van der Waals surface area contributed by atoms with Gasteiger partial charge in [0.15, 0.2) is 5.69 Å². The number of nitrogens with zero attached hydrogens (tertiary/aromatic N) is 1. The molecule has 0 fully saturated rings. The van der Waals surface area contributed by atoms with Gasteiger partial charge >= 0.3 is 0 Å². The quantitative estimate of drug-likeness (QED) is 0.707. The number of amides is 1. The lowest BCUT2D eigenvalue weighted by atomic mass is 10.1. The van der Waals surface area contributed by atoms with Crippen molar-refractivity contribution in [2.45, 2.75) is 26.9 Å². The van der Waals surface area contributed by atoms with E-state index in [4.69, 9.17) is 9.26 Å². The maximum atomic E-state index is 13.3. The topological polar surface area (TPSA) is 64.4 Å². The number of ether oxygens (including phenoxy) is 1. The molecule has 5 nitrogen and oxygen atoms in total. The Labute approximate surface area is 150 Å². The van der Waals surface area contributed by atoms with Gasteiger partial charge in [0.05, 0.1) is 5.56 Å². The van der Waals surface area contributed by atoms with E-state index in [1.54, 1.807) is 13.0 Å². The van der Waals surface area contributed by atoms with Gasteiger partial charge in [0.25, 0.3) is 5.91 Å². The molecule has 6 heteroatoms. The maximum absolute atomic E-state index is 13.3. The minimum absolute atomic E-state index is 0.122. The van der Waals surface area contributed by atoms with Gasteiger partial charge in [-0.25, -0.2) is 4.39 Å². The van der Waals surface area contributed by atoms with Crippen LogP contribution in [0, 0.1) is 12.7 Å². The second kappa shape index (κ2) is 7.82. The Bertz CT molecular complexity index is 904. The van der Waals surface area contributed by atoms with Gasteiger partial charge < -0.3 is 14.6 Å². The average molecular weight is 354 g/mol. The molecule has 0 atom stereocenters. The second-order valence-electron chi connectivity index (χ2n) is 5.82. The summed E-state index contributed by atoms with van der Waals surface area (Å²) >= 11 is 0. The van der Waals surface area contributed by atoms with E-state index < -0.39 is 11.7 Å². The molecule has 134 valence electrons. The highest BCUT2D eigenvalue weighted by atomic mass is 19.1. The summed E-state index contributed by atoms with van der Waals surface area (Å²) < 4.78 is 24.1.